The first-order valence-electron chi connectivity index (χ1n) is 7.46. The van der Waals surface area contributed by atoms with E-state index in [4.69, 9.17) is 0 Å². The first kappa shape index (κ1) is 14.0. The number of likely N-dealkylation sites (tertiary alicyclic amines) is 1. The number of hydrogen-bond donors (Lipinski definition) is 1. The first-order chi connectivity index (χ1) is 9.59. The normalized spacial score (nSPS) is 30.1. The number of hydrogen-bond acceptors (Lipinski definition) is 4. The number of nitrogens with zero attached hydrogens (tertiary/aromatic N) is 2. The third-order valence-corrected chi connectivity index (χ3v) is 5.64. The summed E-state index contributed by atoms with van der Waals surface area (Å²) in [6.45, 7) is 3.52. The van der Waals surface area contributed by atoms with Crippen LogP contribution in [-0.2, 0) is 11.2 Å². The summed E-state index contributed by atoms with van der Waals surface area (Å²) in [5.41, 5.74) is 0.857. The van der Waals surface area contributed by atoms with Crippen molar-refractivity contribution in [3.05, 3.63) is 16.1 Å². The van der Waals surface area contributed by atoms with Crippen LogP contribution in [0.25, 0.3) is 0 Å². The van der Waals surface area contributed by atoms with Crippen molar-refractivity contribution < 1.29 is 9.90 Å². The van der Waals surface area contributed by atoms with Crippen molar-refractivity contribution in [3.63, 3.8) is 0 Å². The Morgan fingerprint density at radius 3 is 3.00 bits per heavy atom. The smallest absolute Gasteiger partial charge is 0.228 e. The fourth-order valence-corrected chi connectivity index (χ4v) is 4.34. The summed E-state index contributed by atoms with van der Waals surface area (Å²) in [7, 11) is 0. The Morgan fingerprint density at radius 1 is 1.55 bits per heavy atom. The van der Waals surface area contributed by atoms with E-state index in [1.807, 2.05) is 17.2 Å². The summed E-state index contributed by atoms with van der Waals surface area (Å²) in [6, 6.07) is 0. The Labute approximate surface area is 123 Å². The van der Waals surface area contributed by atoms with Crippen molar-refractivity contribution in [2.75, 3.05) is 13.1 Å². The third-order valence-electron chi connectivity index (χ3n) is 4.82. The number of aromatic nitrogens is 1. The molecule has 1 amide bonds. The number of thiazole rings is 1. The molecule has 1 saturated heterocycles. The van der Waals surface area contributed by atoms with Crippen molar-refractivity contribution in [3.8, 4) is 0 Å². The fraction of sp³-hybridized carbons (Fsp3) is 0.733. The number of carbonyl (C=O) groups is 1. The molecule has 1 aromatic rings. The van der Waals surface area contributed by atoms with E-state index in [2.05, 4.69) is 4.98 Å². The molecule has 1 aliphatic carbocycles. The van der Waals surface area contributed by atoms with Gasteiger partial charge in [0, 0.05) is 23.9 Å². The molecule has 1 spiro atoms. The number of piperidine rings is 1. The lowest BCUT2D eigenvalue weighted by molar-refractivity contribution is -0.135. The second-order valence-electron chi connectivity index (χ2n) is 6.22. The molecule has 1 aliphatic heterocycles. The van der Waals surface area contributed by atoms with E-state index in [9.17, 15) is 9.90 Å². The summed E-state index contributed by atoms with van der Waals surface area (Å²) in [5.74, 6) is 0.161. The van der Waals surface area contributed by atoms with Gasteiger partial charge in [-0.2, -0.15) is 0 Å². The minimum absolute atomic E-state index is 0.0219. The van der Waals surface area contributed by atoms with Crippen LogP contribution in [-0.4, -0.2) is 40.1 Å². The van der Waals surface area contributed by atoms with Crippen LogP contribution in [0, 0.1) is 12.3 Å². The molecule has 0 radical (unpaired) electrons. The zero-order chi connectivity index (χ0) is 14.2. The van der Waals surface area contributed by atoms with E-state index in [1.54, 1.807) is 11.3 Å². The van der Waals surface area contributed by atoms with Crippen molar-refractivity contribution in [2.45, 2.75) is 51.6 Å². The Morgan fingerprint density at radius 2 is 2.35 bits per heavy atom. The van der Waals surface area contributed by atoms with Crippen molar-refractivity contribution in [2.24, 2.45) is 5.41 Å². The Bertz CT molecular complexity index is 502. The molecule has 2 fully saturated rings. The van der Waals surface area contributed by atoms with E-state index in [0.29, 0.717) is 6.42 Å². The topological polar surface area (TPSA) is 53.4 Å². The predicted molar refractivity (Wildman–Crippen MR) is 78.7 cm³/mol. The summed E-state index contributed by atoms with van der Waals surface area (Å²) in [6.07, 6.45) is 5.30. The molecule has 0 unspecified atom stereocenters. The molecule has 4 nitrogen and oxygen atoms in total. The Hall–Kier alpha value is -0.940. The monoisotopic (exact) mass is 294 g/mol. The van der Waals surface area contributed by atoms with Crippen LogP contribution < -0.4 is 0 Å². The van der Waals surface area contributed by atoms with E-state index in [0.717, 1.165) is 55.9 Å². The summed E-state index contributed by atoms with van der Waals surface area (Å²) in [4.78, 5) is 18.8. The van der Waals surface area contributed by atoms with Gasteiger partial charge in [-0.1, -0.05) is 6.42 Å². The minimum atomic E-state index is -0.223. The molecule has 1 saturated carbocycles. The SMILES string of the molecule is Cc1nc(CC(=O)N2CCC[C@]3(CCC[C@H]3O)C2)cs1. The van der Waals surface area contributed by atoms with Crippen LogP contribution in [0.4, 0.5) is 0 Å². The van der Waals surface area contributed by atoms with Gasteiger partial charge in [0.1, 0.15) is 0 Å². The van der Waals surface area contributed by atoms with Crippen LogP contribution in [0.2, 0.25) is 0 Å². The van der Waals surface area contributed by atoms with E-state index in [-0.39, 0.29) is 17.4 Å². The minimum Gasteiger partial charge on any atom is -0.392 e. The van der Waals surface area contributed by atoms with Gasteiger partial charge in [-0.05, 0) is 32.6 Å². The van der Waals surface area contributed by atoms with Gasteiger partial charge >= 0.3 is 0 Å². The van der Waals surface area contributed by atoms with Crippen LogP contribution in [0.1, 0.15) is 42.8 Å². The third kappa shape index (κ3) is 2.61. The van der Waals surface area contributed by atoms with Crippen molar-refractivity contribution >= 4 is 17.2 Å². The van der Waals surface area contributed by atoms with Crippen LogP contribution in [0.3, 0.4) is 0 Å². The molecule has 0 bridgehead atoms. The van der Waals surface area contributed by atoms with Gasteiger partial charge in [0.25, 0.3) is 0 Å². The molecule has 5 heteroatoms. The maximum atomic E-state index is 12.4. The summed E-state index contributed by atoms with van der Waals surface area (Å²) in [5, 5.41) is 13.2. The average molecular weight is 294 g/mol. The van der Waals surface area contributed by atoms with Gasteiger partial charge in [0.05, 0.1) is 23.2 Å². The van der Waals surface area contributed by atoms with E-state index >= 15 is 0 Å². The molecule has 3 rings (SSSR count). The van der Waals surface area contributed by atoms with E-state index in [1.165, 1.54) is 0 Å². The average Bonchev–Trinajstić information content (AvgIpc) is 2.98. The standard InChI is InChI=1S/C15H22N2O2S/c1-11-16-12(9-20-11)8-14(19)17-7-3-6-15(10-17)5-2-4-13(15)18/h9,13,18H,2-8,10H2,1H3/t13-,15-/m1/s1. The zero-order valence-electron chi connectivity index (χ0n) is 12.0. The van der Waals surface area contributed by atoms with Gasteiger partial charge in [-0.15, -0.1) is 11.3 Å². The van der Waals surface area contributed by atoms with Crippen LogP contribution >= 0.6 is 11.3 Å². The maximum absolute atomic E-state index is 12.4. The summed E-state index contributed by atoms with van der Waals surface area (Å²) < 4.78 is 0. The Balaban J connectivity index is 1.66. The number of aliphatic hydroxyl groups excluding tert-OH is 1. The quantitative estimate of drug-likeness (QED) is 0.909. The maximum Gasteiger partial charge on any atom is 0.228 e. The highest BCUT2D eigenvalue weighted by atomic mass is 32.1. The lowest BCUT2D eigenvalue weighted by atomic mass is 9.76. The van der Waals surface area contributed by atoms with Gasteiger partial charge in [-0.25, -0.2) is 4.98 Å². The largest absolute Gasteiger partial charge is 0.392 e. The number of carbonyl (C=O) groups excluding carboxylic acids is 1. The van der Waals surface area contributed by atoms with Crippen molar-refractivity contribution in [1.29, 1.82) is 0 Å². The number of rotatable bonds is 2. The second kappa shape index (κ2) is 5.45. The zero-order valence-corrected chi connectivity index (χ0v) is 12.8. The van der Waals surface area contributed by atoms with Gasteiger partial charge in [-0.3, -0.25) is 4.79 Å². The summed E-state index contributed by atoms with van der Waals surface area (Å²) >= 11 is 1.59. The number of amides is 1. The van der Waals surface area contributed by atoms with Gasteiger partial charge in [0.15, 0.2) is 0 Å². The molecule has 2 heterocycles. The molecule has 1 N–H and O–H groups in total. The predicted octanol–water partition coefficient (Wildman–Crippen LogP) is 2.15. The van der Waals surface area contributed by atoms with Crippen LogP contribution in [0.5, 0.6) is 0 Å². The molecular weight excluding hydrogens is 272 g/mol. The second-order valence-corrected chi connectivity index (χ2v) is 7.29. The van der Waals surface area contributed by atoms with Crippen molar-refractivity contribution in [1.82, 2.24) is 9.88 Å². The number of aliphatic hydroxyl groups is 1. The van der Waals surface area contributed by atoms with Gasteiger partial charge in [0.2, 0.25) is 5.91 Å². The van der Waals surface area contributed by atoms with Gasteiger partial charge < -0.3 is 10.0 Å². The molecule has 2 atom stereocenters. The molecular formula is C15H22N2O2S. The van der Waals surface area contributed by atoms with E-state index < -0.39 is 0 Å². The first-order valence-corrected chi connectivity index (χ1v) is 8.34. The molecule has 2 aliphatic rings. The number of aryl methyl sites for hydroxylation is 1. The van der Waals surface area contributed by atoms with Crippen LogP contribution in [0.15, 0.2) is 5.38 Å². The molecule has 1 aromatic heterocycles. The molecule has 0 aromatic carbocycles. The Kier molecular flexibility index (Phi) is 3.82. The highest BCUT2D eigenvalue weighted by Gasteiger charge is 2.45. The molecule has 20 heavy (non-hydrogen) atoms. The fourth-order valence-electron chi connectivity index (χ4n) is 3.73. The lowest BCUT2D eigenvalue weighted by Crippen LogP contribution is -2.49. The highest BCUT2D eigenvalue weighted by Crippen LogP contribution is 2.45. The lowest BCUT2D eigenvalue weighted by Gasteiger charge is -2.42. The molecule has 110 valence electrons. The highest BCUT2D eigenvalue weighted by molar-refractivity contribution is 7.09.